The minimum absolute atomic E-state index is 0.0364. The Labute approximate surface area is 252 Å². The Kier molecular flexibility index (Phi) is 7.83. The summed E-state index contributed by atoms with van der Waals surface area (Å²) in [4.78, 5) is 35.4. The molecule has 9 nitrogen and oxygen atoms in total. The number of nitrogens with two attached hydrogens (primary N) is 1. The van der Waals surface area contributed by atoms with Crippen molar-refractivity contribution < 1.29 is 18.7 Å². The second-order valence-corrected chi connectivity index (χ2v) is 11.4. The number of ether oxygens (including phenoxy) is 1. The molecule has 4 N–H and O–H groups in total. The molecule has 1 atom stereocenters. The van der Waals surface area contributed by atoms with Crippen molar-refractivity contribution in [1.82, 2.24) is 15.2 Å². The number of nitrogens with one attached hydrogen (secondary N) is 2. The van der Waals surface area contributed by atoms with Gasteiger partial charge in [0.25, 0.3) is 5.91 Å². The summed E-state index contributed by atoms with van der Waals surface area (Å²) in [6.07, 6.45) is 4.29. The molecule has 1 fully saturated rings. The molecule has 2 aliphatic rings. The number of halogens is 1. The van der Waals surface area contributed by atoms with Crippen molar-refractivity contribution in [2.24, 2.45) is 5.73 Å². The number of rotatable bonds is 8. The van der Waals surface area contributed by atoms with E-state index in [2.05, 4.69) is 22.2 Å². The van der Waals surface area contributed by atoms with E-state index in [0.717, 1.165) is 56.7 Å². The van der Waals surface area contributed by atoms with Crippen LogP contribution in [0.3, 0.4) is 0 Å². The van der Waals surface area contributed by atoms with Crippen LogP contribution in [0, 0.1) is 6.92 Å². The van der Waals surface area contributed by atoms with Gasteiger partial charge in [0.05, 0.1) is 27.3 Å². The molecule has 11 heteroatoms. The van der Waals surface area contributed by atoms with Crippen molar-refractivity contribution in [2.45, 2.75) is 25.8 Å². The number of aromatic nitrogens is 1. The zero-order valence-corrected chi connectivity index (χ0v) is 24.4. The number of amides is 3. The standard InChI is InChI=1S/C32H31FN6O3S/c1-19-17-23(42-22-8-4-3-5-9-22)10-11-25(19)39-26-13-15-35-30-27(26)28(37-32(39)41)29(43-30)20(2)36-21-7-6-16-38(18-21)31(40)24(33)12-14-34/h3-5,8-13,15,17,21,36H,2,6-7,14,16,18,34H2,1H3,(H,37,41)/b24-12-. The Balaban J connectivity index is 1.25. The average molecular weight is 599 g/mol. The van der Waals surface area contributed by atoms with Crippen molar-refractivity contribution in [2.75, 3.05) is 29.9 Å². The van der Waals surface area contributed by atoms with E-state index in [0.29, 0.717) is 30.2 Å². The van der Waals surface area contributed by atoms with E-state index in [1.54, 1.807) is 11.1 Å². The zero-order valence-electron chi connectivity index (χ0n) is 23.6. The van der Waals surface area contributed by atoms with Gasteiger partial charge in [0, 0.05) is 37.6 Å². The molecule has 4 aromatic rings. The Hall–Kier alpha value is -4.74. The highest BCUT2D eigenvalue weighted by Crippen LogP contribution is 2.48. The van der Waals surface area contributed by atoms with Crippen LogP contribution >= 0.6 is 11.3 Å². The molecule has 4 heterocycles. The normalized spacial score (nSPS) is 16.7. The van der Waals surface area contributed by atoms with Gasteiger partial charge in [0.1, 0.15) is 16.3 Å². The van der Waals surface area contributed by atoms with E-state index >= 15 is 0 Å². The van der Waals surface area contributed by atoms with Gasteiger partial charge in [-0.3, -0.25) is 9.69 Å². The van der Waals surface area contributed by atoms with Crippen LogP contribution in [0.5, 0.6) is 11.5 Å². The minimum atomic E-state index is -0.838. The summed E-state index contributed by atoms with van der Waals surface area (Å²) in [5.74, 6) is -0.0913. The van der Waals surface area contributed by atoms with Crippen LogP contribution in [-0.2, 0) is 4.79 Å². The first kappa shape index (κ1) is 28.4. The first-order valence-corrected chi connectivity index (χ1v) is 14.8. The average Bonchev–Trinajstić information content (AvgIpc) is 3.38. The van der Waals surface area contributed by atoms with Gasteiger partial charge in [0.2, 0.25) is 0 Å². The topological polar surface area (TPSA) is 113 Å². The maximum Gasteiger partial charge on any atom is 0.331 e. The van der Waals surface area contributed by atoms with Gasteiger partial charge in [-0.1, -0.05) is 24.8 Å². The molecule has 0 aliphatic carbocycles. The molecule has 220 valence electrons. The second-order valence-electron chi connectivity index (χ2n) is 10.4. The van der Waals surface area contributed by atoms with Crippen molar-refractivity contribution >= 4 is 56.3 Å². The molecule has 0 radical (unpaired) electrons. The van der Waals surface area contributed by atoms with Crippen LogP contribution in [0.2, 0.25) is 0 Å². The number of aryl methyl sites for hydroxylation is 1. The number of carbonyl (C=O) groups is 2. The molecule has 1 unspecified atom stereocenters. The molecule has 6 rings (SSSR count). The highest BCUT2D eigenvalue weighted by atomic mass is 32.1. The Bertz CT molecular complexity index is 1750. The Morgan fingerprint density at radius 2 is 2.05 bits per heavy atom. The lowest BCUT2D eigenvalue weighted by atomic mass is 10.0. The molecule has 2 aromatic carbocycles. The van der Waals surface area contributed by atoms with Crippen molar-refractivity contribution in [1.29, 1.82) is 0 Å². The summed E-state index contributed by atoms with van der Waals surface area (Å²) in [6.45, 7) is 6.97. The third-order valence-corrected chi connectivity index (χ3v) is 8.65. The van der Waals surface area contributed by atoms with Gasteiger partial charge in [-0.15, -0.1) is 11.3 Å². The van der Waals surface area contributed by atoms with E-state index in [9.17, 15) is 14.0 Å². The molecule has 0 bridgehead atoms. The monoisotopic (exact) mass is 598 g/mol. The van der Waals surface area contributed by atoms with Gasteiger partial charge in [0.15, 0.2) is 5.83 Å². The fourth-order valence-electron chi connectivity index (χ4n) is 5.54. The summed E-state index contributed by atoms with van der Waals surface area (Å²) < 4.78 is 20.1. The lowest BCUT2D eigenvalue weighted by Gasteiger charge is -2.34. The summed E-state index contributed by atoms with van der Waals surface area (Å²) in [6, 6.07) is 16.6. The van der Waals surface area contributed by atoms with E-state index in [1.165, 1.54) is 16.2 Å². The van der Waals surface area contributed by atoms with E-state index in [-0.39, 0.29) is 18.6 Å². The van der Waals surface area contributed by atoms with E-state index in [4.69, 9.17) is 10.5 Å². The number of anilines is 3. The third-order valence-electron chi connectivity index (χ3n) is 7.50. The number of carbonyl (C=O) groups excluding carboxylic acids is 2. The largest absolute Gasteiger partial charge is 0.457 e. The highest BCUT2D eigenvalue weighted by molar-refractivity contribution is 7.20. The molecule has 0 spiro atoms. The smallest absolute Gasteiger partial charge is 0.331 e. The summed E-state index contributed by atoms with van der Waals surface area (Å²) in [5, 5.41) is 7.30. The summed E-state index contributed by atoms with van der Waals surface area (Å²) >= 11 is 1.43. The number of pyridine rings is 1. The third kappa shape index (κ3) is 5.56. The predicted octanol–water partition coefficient (Wildman–Crippen LogP) is 6.44. The number of thiophene rings is 1. The predicted molar refractivity (Wildman–Crippen MR) is 168 cm³/mol. The molecular weight excluding hydrogens is 567 g/mol. The molecular formula is C32H31FN6O3S. The van der Waals surface area contributed by atoms with E-state index in [1.807, 2.05) is 61.5 Å². The molecule has 2 aromatic heterocycles. The number of benzene rings is 2. The van der Waals surface area contributed by atoms with Gasteiger partial charge in [-0.05, 0) is 67.8 Å². The fraction of sp³-hybridized carbons (Fsp3) is 0.219. The number of urea groups is 1. The first-order chi connectivity index (χ1) is 20.8. The minimum Gasteiger partial charge on any atom is -0.457 e. The zero-order chi connectivity index (χ0) is 30.1. The number of hydrogen-bond acceptors (Lipinski definition) is 7. The van der Waals surface area contributed by atoms with Crippen LogP contribution in [0.15, 0.2) is 79.3 Å². The molecule has 2 aliphatic heterocycles. The first-order valence-electron chi connectivity index (χ1n) is 14.0. The Morgan fingerprint density at radius 3 is 2.81 bits per heavy atom. The van der Waals surface area contributed by atoms with Gasteiger partial charge in [-0.2, -0.15) is 0 Å². The van der Waals surface area contributed by atoms with Gasteiger partial charge < -0.3 is 26.0 Å². The fourth-order valence-corrected chi connectivity index (χ4v) is 6.59. The quantitative estimate of drug-likeness (QED) is 0.201. The maximum atomic E-state index is 14.1. The number of nitrogens with zero attached hydrogens (tertiary/aromatic N) is 3. The molecule has 3 amide bonds. The summed E-state index contributed by atoms with van der Waals surface area (Å²) in [5.41, 5.74) is 8.93. The number of likely N-dealkylation sites (tertiary alicyclic amines) is 1. The number of para-hydroxylation sites is 1. The lowest BCUT2D eigenvalue weighted by Crippen LogP contribution is -2.47. The highest BCUT2D eigenvalue weighted by Gasteiger charge is 2.33. The van der Waals surface area contributed by atoms with Crippen LogP contribution in [0.1, 0.15) is 23.3 Å². The van der Waals surface area contributed by atoms with Crippen LogP contribution < -0.4 is 26.0 Å². The summed E-state index contributed by atoms with van der Waals surface area (Å²) in [7, 11) is 0. The van der Waals surface area contributed by atoms with E-state index < -0.39 is 11.7 Å². The second kappa shape index (κ2) is 11.9. The Morgan fingerprint density at radius 1 is 1.23 bits per heavy atom. The van der Waals surface area contributed by atoms with Crippen LogP contribution in [-0.4, -0.2) is 47.5 Å². The number of piperidine rings is 1. The van der Waals surface area contributed by atoms with Crippen LogP contribution in [0.4, 0.5) is 26.2 Å². The molecule has 43 heavy (non-hydrogen) atoms. The SMILES string of the molecule is C=C(NC1CCCN(C(=O)/C(F)=C/CN)C1)c1sc2nccc3c2c1NC(=O)N3c1ccc(Oc2ccccc2)cc1C. The maximum absolute atomic E-state index is 14.1. The lowest BCUT2D eigenvalue weighted by molar-refractivity contribution is -0.129. The molecule has 0 saturated carbocycles. The van der Waals surface area contributed by atoms with Crippen molar-refractivity contribution in [3.8, 4) is 11.5 Å². The number of hydrogen-bond donors (Lipinski definition) is 3. The van der Waals surface area contributed by atoms with Crippen molar-refractivity contribution in [3.05, 3.63) is 89.7 Å². The van der Waals surface area contributed by atoms with Gasteiger partial charge in [-0.25, -0.2) is 14.2 Å². The van der Waals surface area contributed by atoms with Crippen LogP contribution in [0.25, 0.3) is 15.9 Å². The molecule has 1 saturated heterocycles. The van der Waals surface area contributed by atoms with Crippen molar-refractivity contribution in [3.63, 3.8) is 0 Å². The van der Waals surface area contributed by atoms with Gasteiger partial charge >= 0.3 is 6.03 Å².